The lowest BCUT2D eigenvalue weighted by atomic mass is 9.82. The molecule has 0 unspecified atom stereocenters. The van der Waals surface area contributed by atoms with E-state index >= 15 is 0 Å². The fourth-order valence-corrected chi connectivity index (χ4v) is 9.03. The zero-order valence-corrected chi connectivity index (χ0v) is 32.1. The van der Waals surface area contributed by atoms with E-state index in [0.717, 1.165) is 56.5 Å². The van der Waals surface area contributed by atoms with Gasteiger partial charge >= 0.3 is 0 Å². The van der Waals surface area contributed by atoms with Gasteiger partial charge < -0.3 is 18.9 Å². The minimum atomic E-state index is -0.205. The second-order valence-corrected chi connectivity index (χ2v) is 16.9. The summed E-state index contributed by atoms with van der Waals surface area (Å²) >= 11 is 0. The van der Waals surface area contributed by atoms with E-state index in [2.05, 4.69) is 197 Å². The minimum absolute atomic E-state index is 0.188. The Morgan fingerprint density at radius 1 is 0.404 bits per heavy atom. The van der Waals surface area contributed by atoms with Gasteiger partial charge in [-0.05, 0) is 128 Å². The Hall–Kier alpha value is -5.36. The maximum absolute atomic E-state index is 5.47. The van der Waals surface area contributed by atoms with E-state index < -0.39 is 0 Å². The topological polar surface area (TPSA) is 42.1 Å². The average Bonchev–Trinajstić information content (AvgIpc) is 3.76. The molecule has 0 bridgehead atoms. The molecule has 6 nitrogen and oxygen atoms in total. The summed E-state index contributed by atoms with van der Waals surface area (Å²) in [6, 6.07) is 39.4. The molecule has 0 aliphatic carbocycles. The number of nitrogens with zero attached hydrogens (tertiary/aromatic N) is 6. The summed E-state index contributed by atoms with van der Waals surface area (Å²) in [6.45, 7) is 23.1. The third-order valence-corrected chi connectivity index (χ3v) is 13.1. The van der Waals surface area contributed by atoms with E-state index in [9.17, 15) is 0 Å². The van der Waals surface area contributed by atoms with E-state index in [1.165, 1.54) is 22.3 Å². The number of fused-ring (bicyclic) bond motifs is 6. The third-order valence-electron chi connectivity index (χ3n) is 13.1. The van der Waals surface area contributed by atoms with Crippen LogP contribution in [0.1, 0.15) is 66.5 Å². The average molecular weight is 685 g/mol. The van der Waals surface area contributed by atoms with E-state index in [4.69, 9.17) is 9.97 Å². The van der Waals surface area contributed by atoms with Gasteiger partial charge in [-0.3, -0.25) is 0 Å². The molecule has 0 amide bonds. The van der Waals surface area contributed by atoms with Crippen molar-refractivity contribution in [1.82, 2.24) is 19.1 Å². The molecule has 0 radical (unpaired) electrons. The highest BCUT2D eigenvalue weighted by molar-refractivity contribution is 5.99. The van der Waals surface area contributed by atoms with Gasteiger partial charge in [-0.2, -0.15) is 0 Å². The standard InChI is InChI=1S/C46H48N6/c1-29-27-36(34-24-18-26-38-40(34)48-42-50(32-21-15-12-16-22-32)44(5,6)46(9,10)52(38)42)30(2)28-35(29)33-23-17-25-37-39(33)47-41-49(31-19-13-11-14-20-31)43(3,4)45(7,8)51(37)41/h11-28H,1-10H3. The van der Waals surface area contributed by atoms with Crippen LogP contribution in [-0.2, 0) is 11.1 Å². The molecule has 2 aromatic heterocycles. The van der Waals surface area contributed by atoms with E-state index in [1.807, 2.05) is 0 Å². The highest BCUT2D eigenvalue weighted by Gasteiger charge is 2.54. The number of para-hydroxylation sites is 4. The van der Waals surface area contributed by atoms with Crippen LogP contribution in [0, 0.1) is 13.8 Å². The van der Waals surface area contributed by atoms with Crippen molar-refractivity contribution in [2.45, 2.75) is 91.4 Å². The van der Waals surface area contributed by atoms with E-state index in [1.54, 1.807) is 0 Å². The Kier molecular flexibility index (Phi) is 6.63. The largest absolute Gasteiger partial charge is 0.304 e. The Morgan fingerprint density at radius 3 is 1.13 bits per heavy atom. The van der Waals surface area contributed by atoms with Gasteiger partial charge in [0.05, 0.1) is 44.2 Å². The highest BCUT2D eigenvalue weighted by atomic mass is 15.5. The van der Waals surface area contributed by atoms with Crippen molar-refractivity contribution in [3.05, 3.63) is 120 Å². The second kappa shape index (κ2) is 10.6. The second-order valence-electron chi connectivity index (χ2n) is 16.9. The number of hydrogen-bond acceptors (Lipinski definition) is 4. The molecule has 52 heavy (non-hydrogen) atoms. The van der Waals surface area contributed by atoms with Gasteiger partial charge in [0.25, 0.3) is 0 Å². The quantitative estimate of drug-likeness (QED) is 0.185. The van der Waals surface area contributed by atoms with Crippen LogP contribution in [-0.4, -0.2) is 30.2 Å². The van der Waals surface area contributed by atoms with Crippen LogP contribution in [0.15, 0.2) is 109 Å². The van der Waals surface area contributed by atoms with Crippen molar-refractivity contribution in [3.8, 4) is 22.3 Å². The first-order valence-corrected chi connectivity index (χ1v) is 18.5. The van der Waals surface area contributed by atoms with Crippen LogP contribution in [0.3, 0.4) is 0 Å². The summed E-state index contributed by atoms with van der Waals surface area (Å²) in [5.41, 5.74) is 13.1. The molecule has 0 N–H and O–H groups in total. The normalized spacial score (nSPS) is 18.0. The predicted octanol–water partition coefficient (Wildman–Crippen LogP) is 11.7. The summed E-state index contributed by atoms with van der Waals surface area (Å²) in [5.74, 6) is 1.98. The fourth-order valence-electron chi connectivity index (χ4n) is 9.03. The van der Waals surface area contributed by atoms with Crippen LogP contribution in [0.5, 0.6) is 0 Å². The van der Waals surface area contributed by atoms with E-state index in [0.29, 0.717) is 0 Å². The van der Waals surface area contributed by atoms with Gasteiger partial charge in [0.1, 0.15) is 0 Å². The lowest BCUT2D eigenvalue weighted by molar-refractivity contribution is 0.253. The zero-order valence-electron chi connectivity index (χ0n) is 32.1. The van der Waals surface area contributed by atoms with Gasteiger partial charge in [-0.25, -0.2) is 9.97 Å². The van der Waals surface area contributed by atoms with Crippen LogP contribution in [0.2, 0.25) is 0 Å². The Bertz CT molecular complexity index is 2370. The van der Waals surface area contributed by atoms with Crippen molar-refractivity contribution in [3.63, 3.8) is 0 Å². The van der Waals surface area contributed by atoms with Gasteiger partial charge in [-0.15, -0.1) is 0 Å². The summed E-state index contributed by atoms with van der Waals surface area (Å²) in [6.07, 6.45) is 0. The number of rotatable bonds is 4. The highest BCUT2D eigenvalue weighted by Crippen LogP contribution is 2.54. The maximum Gasteiger partial charge on any atom is 0.212 e. The number of aromatic nitrogens is 4. The molecule has 0 atom stereocenters. The Balaban J connectivity index is 1.19. The van der Waals surface area contributed by atoms with Crippen molar-refractivity contribution >= 4 is 45.3 Å². The Labute approximate surface area is 307 Å². The number of hydrogen-bond donors (Lipinski definition) is 0. The van der Waals surface area contributed by atoms with E-state index in [-0.39, 0.29) is 22.2 Å². The monoisotopic (exact) mass is 684 g/mol. The lowest BCUT2D eigenvalue weighted by Crippen LogP contribution is -2.50. The first-order valence-electron chi connectivity index (χ1n) is 18.5. The third kappa shape index (κ3) is 4.06. The molecule has 262 valence electrons. The molecule has 7 aromatic rings. The van der Waals surface area contributed by atoms with Crippen molar-refractivity contribution < 1.29 is 0 Å². The van der Waals surface area contributed by atoms with Gasteiger partial charge in [0, 0.05) is 22.5 Å². The molecule has 4 heterocycles. The molecule has 2 aliphatic rings. The van der Waals surface area contributed by atoms with Gasteiger partial charge in [0.15, 0.2) is 0 Å². The molecule has 6 heteroatoms. The summed E-state index contributed by atoms with van der Waals surface area (Å²) < 4.78 is 4.91. The van der Waals surface area contributed by atoms with Crippen LogP contribution in [0.4, 0.5) is 23.3 Å². The molecule has 0 spiro atoms. The summed E-state index contributed by atoms with van der Waals surface area (Å²) in [7, 11) is 0. The molecular formula is C46H48N6. The zero-order chi connectivity index (χ0) is 36.5. The van der Waals surface area contributed by atoms with Crippen molar-refractivity contribution in [1.29, 1.82) is 0 Å². The van der Waals surface area contributed by atoms with Crippen LogP contribution in [0.25, 0.3) is 44.3 Å². The number of anilines is 4. The minimum Gasteiger partial charge on any atom is -0.304 e. The molecule has 0 fully saturated rings. The summed E-state index contributed by atoms with van der Waals surface area (Å²) in [4.78, 5) is 15.8. The smallest absolute Gasteiger partial charge is 0.212 e. The van der Waals surface area contributed by atoms with Gasteiger partial charge in [-0.1, -0.05) is 72.8 Å². The lowest BCUT2D eigenvalue weighted by Gasteiger charge is -2.41. The molecule has 0 saturated heterocycles. The van der Waals surface area contributed by atoms with Crippen LogP contribution < -0.4 is 9.80 Å². The molecule has 9 rings (SSSR count). The molecule has 2 aliphatic heterocycles. The molecule has 5 aromatic carbocycles. The first kappa shape index (κ1) is 32.5. The molecular weight excluding hydrogens is 637 g/mol. The van der Waals surface area contributed by atoms with Crippen LogP contribution >= 0.6 is 0 Å². The maximum atomic E-state index is 5.47. The number of imidazole rings is 2. The fraction of sp³-hybridized carbons (Fsp3) is 0.304. The summed E-state index contributed by atoms with van der Waals surface area (Å²) in [5, 5.41) is 0. The first-order chi connectivity index (χ1) is 24.7. The SMILES string of the molecule is Cc1cc(-c2cccc3c2nc2n3C(C)(C)C(C)(C)N2c2ccccc2)c(C)cc1-c1cccc2c1nc1n2C(C)(C)C(C)(C)N1c1ccccc1. The van der Waals surface area contributed by atoms with Crippen molar-refractivity contribution in [2.75, 3.05) is 9.80 Å². The van der Waals surface area contributed by atoms with Crippen molar-refractivity contribution in [2.24, 2.45) is 0 Å². The molecule has 0 saturated carbocycles. The Morgan fingerprint density at radius 2 is 0.769 bits per heavy atom. The number of benzene rings is 5. The van der Waals surface area contributed by atoms with Gasteiger partial charge in [0.2, 0.25) is 11.9 Å². The number of aryl methyl sites for hydroxylation is 2. The predicted molar refractivity (Wildman–Crippen MR) is 217 cm³/mol.